The number of phenols is 1. The third kappa shape index (κ3) is 2.33. The van der Waals surface area contributed by atoms with Crippen LogP contribution in [-0.2, 0) is 0 Å². The van der Waals surface area contributed by atoms with Crippen LogP contribution >= 0.6 is 0 Å². The molecule has 1 N–H and O–H groups in total. The Bertz CT molecular complexity index is 527. The third-order valence-corrected chi connectivity index (χ3v) is 3.12. The number of benzene rings is 2. The Morgan fingerprint density at radius 2 is 1.65 bits per heavy atom. The second-order valence-electron chi connectivity index (χ2n) is 4.75. The number of para-hydroxylation sites is 1. The molecule has 88 valence electrons. The highest BCUT2D eigenvalue weighted by atomic mass is 16.3. The molecular formula is C16H18O. The quantitative estimate of drug-likeness (QED) is 0.799. The van der Waals surface area contributed by atoms with Gasteiger partial charge in [-0.2, -0.15) is 0 Å². The zero-order valence-corrected chi connectivity index (χ0v) is 10.6. The van der Waals surface area contributed by atoms with Crippen molar-refractivity contribution in [2.45, 2.75) is 26.7 Å². The Balaban J connectivity index is 2.59. The standard InChI is InChI=1S/C16H18O/c1-11(2)13-9-8-12(3)15(10-13)14-6-4-5-7-16(14)17/h4-11,17H,1-3H3. The van der Waals surface area contributed by atoms with Gasteiger partial charge >= 0.3 is 0 Å². The van der Waals surface area contributed by atoms with E-state index in [2.05, 4.69) is 39.0 Å². The lowest BCUT2D eigenvalue weighted by Gasteiger charge is -2.12. The van der Waals surface area contributed by atoms with Crippen LogP contribution in [0.4, 0.5) is 0 Å². The van der Waals surface area contributed by atoms with Gasteiger partial charge in [0.2, 0.25) is 0 Å². The number of hydrogen-bond acceptors (Lipinski definition) is 1. The van der Waals surface area contributed by atoms with Crippen LogP contribution in [-0.4, -0.2) is 5.11 Å². The Kier molecular flexibility index (Phi) is 3.19. The fourth-order valence-corrected chi connectivity index (χ4v) is 1.99. The van der Waals surface area contributed by atoms with Gasteiger partial charge in [0, 0.05) is 5.56 Å². The molecule has 0 saturated heterocycles. The smallest absolute Gasteiger partial charge is 0.123 e. The largest absolute Gasteiger partial charge is 0.507 e. The number of phenolic OH excluding ortho intramolecular Hbond substituents is 1. The molecule has 0 atom stereocenters. The van der Waals surface area contributed by atoms with Crippen LogP contribution in [0.3, 0.4) is 0 Å². The lowest BCUT2D eigenvalue weighted by atomic mass is 9.93. The number of aromatic hydroxyl groups is 1. The molecule has 0 spiro atoms. The van der Waals surface area contributed by atoms with E-state index in [-0.39, 0.29) is 0 Å². The number of rotatable bonds is 2. The minimum absolute atomic E-state index is 0.344. The van der Waals surface area contributed by atoms with Gasteiger partial charge in [0.25, 0.3) is 0 Å². The van der Waals surface area contributed by atoms with Crippen molar-refractivity contribution < 1.29 is 5.11 Å². The van der Waals surface area contributed by atoms with E-state index in [4.69, 9.17) is 0 Å². The van der Waals surface area contributed by atoms with Crippen LogP contribution in [0, 0.1) is 6.92 Å². The van der Waals surface area contributed by atoms with Gasteiger partial charge in [0.15, 0.2) is 0 Å². The van der Waals surface area contributed by atoms with E-state index in [0.29, 0.717) is 11.7 Å². The molecule has 2 rings (SSSR count). The maximum atomic E-state index is 9.92. The summed E-state index contributed by atoms with van der Waals surface area (Å²) in [7, 11) is 0. The molecule has 0 aliphatic heterocycles. The molecule has 0 aliphatic rings. The fourth-order valence-electron chi connectivity index (χ4n) is 1.99. The van der Waals surface area contributed by atoms with Crippen molar-refractivity contribution in [1.29, 1.82) is 0 Å². The summed E-state index contributed by atoms with van der Waals surface area (Å²) in [5.74, 6) is 0.844. The van der Waals surface area contributed by atoms with E-state index >= 15 is 0 Å². The summed E-state index contributed by atoms with van der Waals surface area (Å²) in [5, 5.41) is 9.92. The van der Waals surface area contributed by atoms with E-state index < -0.39 is 0 Å². The Morgan fingerprint density at radius 3 is 2.29 bits per heavy atom. The predicted molar refractivity (Wildman–Crippen MR) is 72.4 cm³/mol. The first-order chi connectivity index (χ1) is 8.09. The normalized spacial score (nSPS) is 10.8. The topological polar surface area (TPSA) is 20.2 Å². The summed E-state index contributed by atoms with van der Waals surface area (Å²) in [6, 6.07) is 13.9. The van der Waals surface area contributed by atoms with Crippen molar-refractivity contribution in [3.8, 4) is 16.9 Å². The van der Waals surface area contributed by atoms with Crippen molar-refractivity contribution in [2.24, 2.45) is 0 Å². The summed E-state index contributed by atoms with van der Waals surface area (Å²) in [6.07, 6.45) is 0. The zero-order chi connectivity index (χ0) is 12.4. The molecule has 0 heterocycles. The molecule has 2 aromatic rings. The van der Waals surface area contributed by atoms with Crippen LogP contribution in [0.1, 0.15) is 30.9 Å². The average molecular weight is 226 g/mol. The zero-order valence-electron chi connectivity index (χ0n) is 10.6. The van der Waals surface area contributed by atoms with Gasteiger partial charge in [-0.15, -0.1) is 0 Å². The van der Waals surface area contributed by atoms with E-state index in [1.54, 1.807) is 6.07 Å². The summed E-state index contributed by atoms with van der Waals surface area (Å²) in [5.41, 5.74) is 4.52. The molecule has 0 bridgehead atoms. The molecule has 0 amide bonds. The van der Waals surface area contributed by atoms with Crippen LogP contribution in [0.2, 0.25) is 0 Å². The van der Waals surface area contributed by atoms with Gasteiger partial charge in [0.05, 0.1) is 0 Å². The van der Waals surface area contributed by atoms with Crippen molar-refractivity contribution in [3.63, 3.8) is 0 Å². The summed E-state index contributed by atoms with van der Waals surface area (Å²) in [4.78, 5) is 0. The molecule has 0 fully saturated rings. The highest BCUT2D eigenvalue weighted by molar-refractivity contribution is 5.73. The molecule has 2 aromatic carbocycles. The Labute approximate surface area is 103 Å². The van der Waals surface area contributed by atoms with Crippen molar-refractivity contribution in [1.82, 2.24) is 0 Å². The molecule has 17 heavy (non-hydrogen) atoms. The van der Waals surface area contributed by atoms with E-state index in [0.717, 1.165) is 11.1 Å². The number of aryl methyl sites for hydroxylation is 1. The van der Waals surface area contributed by atoms with Crippen LogP contribution in [0.15, 0.2) is 42.5 Å². The predicted octanol–water partition coefficient (Wildman–Crippen LogP) is 4.49. The van der Waals surface area contributed by atoms with Crippen LogP contribution in [0.5, 0.6) is 5.75 Å². The minimum Gasteiger partial charge on any atom is -0.507 e. The molecule has 0 saturated carbocycles. The van der Waals surface area contributed by atoms with Crippen molar-refractivity contribution in [3.05, 3.63) is 53.6 Å². The third-order valence-electron chi connectivity index (χ3n) is 3.12. The average Bonchev–Trinajstić information content (AvgIpc) is 2.30. The van der Waals surface area contributed by atoms with Crippen molar-refractivity contribution >= 4 is 0 Å². The van der Waals surface area contributed by atoms with E-state index in [1.807, 2.05) is 18.2 Å². The minimum atomic E-state index is 0.344. The van der Waals surface area contributed by atoms with Gasteiger partial charge in [-0.3, -0.25) is 0 Å². The van der Waals surface area contributed by atoms with Crippen LogP contribution in [0.25, 0.3) is 11.1 Å². The van der Waals surface area contributed by atoms with E-state index in [1.165, 1.54) is 11.1 Å². The second-order valence-corrected chi connectivity index (χ2v) is 4.75. The van der Waals surface area contributed by atoms with Gasteiger partial charge in [-0.25, -0.2) is 0 Å². The molecule has 0 aromatic heterocycles. The first-order valence-electron chi connectivity index (χ1n) is 5.98. The summed E-state index contributed by atoms with van der Waals surface area (Å²) >= 11 is 0. The number of hydrogen-bond donors (Lipinski definition) is 1. The Morgan fingerprint density at radius 1 is 0.941 bits per heavy atom. The molecule has 0 radical (unpaired) electrons. The summed E-state index contributed by atoms with van der Waals surface area (Å²) < 4.78 is 0. The Hall–Kier alpha value is -1.76. The summed E-state index contributed by atoms with van der Waals surface area (Å²) in [6.45, 7) is 6.43. The van der Waals surface area contributed by atoms with Gasteiger partial charge in [0.1, 0.15) is 5.75 Å². The second kappa shape index (κ2) is 4.62. The first kappa shape index (κ1) is 11.7. The molecule has 0 aliphatic carbocycles. The highest BCUT2D eigenvalue weighted by Gasteiger charge is 2.08. The van der Waals surface area contributed by atoms with Gasteiger partial charge < -0.3 is 5.11 Å². The maximum absolute atomic E-state index is 9.92. The van der Waals surface area contributed by atoms with Crippen molar-refractivity contribution in [2.75, 3.05) is 0 Å². The van der Waals surface area contributed by atoms with Gasteiger partial charge in [-0.05, 0) is 35.6 Å². The monoisotopic (exact) mass is 226 g/mol. The van der Waals surface area contributed by atoms with Gasteiger partial charge in [-0.1, -0.05) is 50.2 Å². The molecule has 0 unspecified atom stereocenters. The lowest BCUT2D eigenvalue weighted by Crippen LogP contribution is -1.91. The molecule has 1 nitrogen and oxygen atoms in total. The molecule has 1 heteroatoms. The maximum Gasteiger partial charge on any atom is 0.123 e. The van der Waals surface area contributed by atoms with Crippen LogP contribution < -0.4 is 0 Å². The van der Waals surface area contributed by atoms with E-state index in [9.17, 15) is 5.11 Å². The molecular weight excluding hydrogens is 208 g/mol. The fraction of sp³-hybridized carbons (Fsp3) is 0.250. The SMILES string of the molecule is Cc1ccc(C(C)C)cc1-c1ccccc1O. The first-order valence-corrected chi connectivity index (χ1v) is 5.98. The highest BCUT2D eigenvalue weighted by Crippen LogP contribution is 2.33. The lowest BCUT2D eigenvalue weighted by molar-refractivity contribution is 0.477.